The van der Waals surface area contributed by atoms with Gasteiger partial charge in [-0.05, 0) is 66.8 Å². The summed E-state index contributed by atoms with van der Waals surface area (Å²) >= 11 is 18.7. The Morgan fingerprint density at radius 2 is 1.67 bits per heavy atom. The van der Waals surface area contributed by atoms with Gasteiger partial charge in [0.2, 0.25) is 5.91 Å². The minimum absolute atomic E-state index is 0.110. The molecule has 0 radical (unpaired) electrons. The molecule has 8 heteroatoms. The van der Waals surface area contributed by atoms with E-state index in [4.69, 9.17) is 34.8 Å². The van der Waals surface area contributed by atoms with Crippen LogP contribution in [0.25, 0.3) is 0 Å². The van der Waals surface area contributed by atoms with Crippen LogP contribution in [0.1, 0.15) is 45.8 Å². The van der Waals surface area contributed by atoms with Crippen LogP contribution in [0, 0.1) is 24.2 Å². The van der Waals surface area contributed by atoms with E-state index in [2.05, 4.69) is 11.4 Å². The van der Waals surface area contributed by atoms with E-state index in [9.17, 15) is 14.9 Å². The molecule has 1 N–H and O–H groups in total. The first-order valence-electron chi connectivity index (χ1n) is 11.6. The quantitative estimate of drug-likeness (QED) is 0.375. The fourth-order valence-electron chi connectivity index (χ4n) is 4.42. The minimum Gasteiger partial charge on any atom is -0.339 e. The standard InChI is InChI=1S/C28H24Cl3N3O2/c1-17-14-22(23(16-32)18-6-8-20(29)9-7-18)25(31)15-26(17)33-27(35)19-10-12-34(13-11-19)28(36)21-4-2-3-5-24(21)30/h2-9,14-15,19,23H,10-13H2,1H3,(H,33,35). The lowest BCUT2D eigenvalue weighted by Gasteiger charge is -2.31. The van der Waals surface area contributed by atoms with Crippen LogP contribution in [0.4, 0.5) is 5.69 Å². The number of piperidine rings is 1. The van der Waals surface area contributed by atoms with Crippen molar-refractivity contribution in [3.8, 4) is 6.07 Å². The molecule has 0 aliphatic carbocycles. The van der Waals surface area contributed by atoms with Gasteiger partial charge in [0, 0.05) is 34.7 Å². The van der Waals surface area contributed by atoms with Crippen molar-refractivity contribution in [2.24, 2.45) is 5.92 Å². The molecule has 36 heavy (non-hydrogen) atoms. The number of nitrogens with one attached hydrogen (secondary N) is 1. The van der Waals surface area contributed by atoms with Crippen LogP contribution in [0.2, 0.25) is 15.1 Å². The molecule has 0 spiro atoms. The van der Waals surface area contributed by atoms with Gasteiger partial charge in [0.1, 0.15) is 0 Å². The Labute approximate surface area is 225 Å². The maximum atomic E-state index is 13.0. The minimum atomic E-state index is -0.557. The number of aryl methyl sites for hydroxylation is 1. The fraction of sp³-hybridized carbons (Fsp3) is 0.250. The van der Waals surface area contributed by atoms with Crippen LogP contribution in [0.5, 0.6) is 0 Å². The Balaban J connectivity index is 1.42. The number of hydrogen-bond acceptors (Lipinski definition) is 3. The van der Waals surface area contributed by atoms with Gasteiger partial charge in [-0.25, -0.2) is 0 Å². The van der Waals surface area contributed by atoms with Crippen LogP contribution in [0.3, 0.4) is 0 Å². The van der Waals surface area contributed by atoms with Crippen molar-refractivity contribution in [3.05, 3.63) is 98.0 Å². The molecule has 1 aliphatic rings. The highest BCUT2D eigenvalue weighted by atomic mass is 35.5. The molecule has 1 heterocycles. The summed E-state index contributed by atoms with van der Waals surface area (Å²) in [7, 11) is 0. The zero-order chi connectivity index (χ0) is 25.8. The average Bonchev–Trinajstić information content (AvgIpc) is 2.88. The second-order valence-electron chi connectivity index (χ2n) is 8.84. The Kier molecular flexibility index (Phi) is 8.21. The molecule has 3 aromatic carbocycles. The van der Waals surface area contributed by atoms with Gasteiger partial charge >= 0.3 is 0 Å². The zero-order valence-electron chi connectivity index (χ0n) is 19.6. The normalized spacial score (nSPS) is 14.7. The van der Waals surface area contributed by atoms with Crippen molar-refractivity contribution in [2.75, 3.05) is 18.4 Å². The number of nitrogens with zero attached hydrogens (tertiary/aromatic N) is 2. The third-order valence-electron chi connectivity index (χ3n) is 6.50. The van der Waals surface area contributed by atoms with Crippen molar-refractivity contribution < 1.29 is 9.59 Å². The molecule has 2 amide bonds. The lowest BCUT2D eigenvalue weighted by molar-refractivity contribution is -0.121. The predicted molar refractivity (Wildman–Crippen MR) is 144 cm³/mol. The second kappa shape index (κ2) is 11.3. The molecule has 0 aromatic heterocycles. The van der Waals surface area contributed by atoms with Crippen molar-refractivity contribution in [2.45, 2.75) is 25.7 Å². The molecule has 1 saturated heterocycles. The van der Waals surface area contributed by atoms with Crippen molar-refractivity contribution >= 4 is 52.3 Å². The molecule has 4 rings (SSSR count). The van der Waals surface area contributed by atoms with Crippen molar-refractivity contribution in [1.82, 2.24) is 4.90 Å². The summed E-state index contributed by atoms with van der Waals surface area (Å²) < 4.78 is 0. The molecular formula is C28H24Cl3N3O2. The molecule has 3 aromatic rings. The van der Waals surface area contributed by atoms with E-state index in [0.717, 1.165) is 11.1 Å². The maximum absolute atomic E-state index is 13.0. The van der Waals surface area contributed by atoms with Crippen LogP contribution >= 0.6 is 34.8 Å². The summed E-state index contributed by atoms with van der Waals surface area (Å²) in [6.45, 7) is 2.83. The first-order chi connectivity index (χ1) is 17.3. The van der Waals surface area contributed by atoms with Gasteiger partial charge < -0.3 is 10.2 Å². The van der Waals surface area contributed by atoms with E-state index in [1.807, 2.05) is 13.0 Å². The van der Waals surface area contributed by atoms with Gasteiger partial charge in [0.15, 0.2) is 0 Å². The summed E-state index contributed by atoms with van der Waals surface area (Å²) in [5.74, 6) is -1.01. The number of rotatable bonds is 5. The first kappa shape index (κ1) is 26.0. The third-order valence-corrected chi connectivity index (χ3v) is 7.41. The highest BCUT2D eigenvalue weighted by Gasteiger charge is 2.29. The Bertz CT molecular complexity index is 1330. The maximum Gasteiger partial charge on any atom is 0.255 e. The average molecular weight is 541 g/mol. The van der Waals surface area contributed by atoms with Crippen molar-refractivity contribution in [1.29, 1.82) is 5.26 Å². The molecule has 0 saturated carbocycles. The smallest absolute Gasteiger partial charge is 0.255 e. The van der Waals surface area contributed by atoms with E-state index in [1.54, 1.807) is 59.5 Å². The summed E-state index contributed by atoms with van der Waals surface area (Å²) in [5.41, 5.74) is 3.35. The lowest BCUT2D eigenvalue weighted by Crippen LogP contribution is -2.41. The van der Waals surface area contributed by atoms with Crippen LogP contribution < -0.4 is 5.32 Å². The number of anilines is 1. The van der Waals surface area contributed by atoms with E-state index >= 15 is 0 Å². The van der Waals surface area contributed by atoms with E-state index < -0.39 is 5.92 Å². The third kappa shape index (κ3) is 5.68. The van der Waals surface area contributed by atoms with Gasteiger partial charge in [0.25, 0.3) is 5.91 Å². The number of benzene rings is 3. The second-order valence-corrected chi connectivity index (χ2v) is 10.1. The Morgan fingerprint density at radius 1 is 1.00 bits per heavy atom. The SMILES string of the molecule is Cc1cc(C(C#N)c2ccc(Cl)cc2)c(Cl)cc1NC(=O)C1CCN(C(=O)c2ccccc2Cl)CC1. The summed E-state index contributed by atoms with van der Waals surface area (Å²) in [6, 6.07) is 19.9. The molecule has 1 fully saturated rings. The van der Waals surface area contributed by atoms with E-state index in [-0.39, 0.29) is 17.7 Å². The van der Waals surface area contributed by atoms with Gasteiger partial charge in [0.05, 0.1) is 22.6 Å². The largest absolute Gasteiger partial charge is 0.339 e. The molecule has 0 bridgehead atoms. The molecule has 1 aliphatic heterocycles. The number of carbonyl (C=O) groups excluding carboxylic acids is 2. The molecular weight excluding hydrogens is 517 g/mol. The number of hydrogen-bond donors (Lipinski definition) is 1. The fourth-order valence-corrected chi connectivity index (χ4v) is 5.04. The first-order valence-corrected chi connectivity index (χ1v) is 12.7. The van der Waals surface area contributed by atoms with E-state index in [1.165, 1.54) is 0 Å². The highest BCUT2D eigenvalue weighted by molar-refractivity contribution is 6.34. The summed E-state index contributed by atoms with van der Waals surface area (Å²) in [5, 5.41) is 14.2. The van der Waals surface area contributed by atoms with Gasteiger partial charge in [-0.15, -0.1) is 0 Å². The van der Waals surface area contributed by atoms with Gasteiger partial charge in [-0.1, -0.05) is 65.1 Å². The van der Waals surface area contributed by atoms with Gasteiger partial charge in [-0.2, -0.15) is 5.26 Å². The van der Waals surface area contributed by atoms with Crippen molar-refractivity contribution in [3.63, 3.8) is 0 Å². The lowest BCUT2D eigenvalue weighted by atomic mass is 9.91. The summed E-state index contributed by atoms with van der Waals surface area (Å²) in [4.78, 5) is 27.6. The highest BCUT2D eigenvalue weighted by Crippen LogP contribution is 2.35. The van der Waals surface area contributed by atoms with Crippen LogP contribution in [0.15, 0.2) is 60.7 Å². The topological polar surface area (TPSA) is 73.2 Å². The number of likely N-dealkylation sites (tertiary alicyclic amines) is 1. The number of carbonyl (C=O) groups is 2. The molecule has 5 nitrogen and oxygen atoms in total. The molecule has 1 atom stereocenters. The Morgan fingerprint density at radius 3 is 2.31 bits per heavy atom. The van der Waals surface area contributed by atoms with E-state index in [0.29, 0.717) is 57.8 Å². The zero-order valence-corrected chi connectivity index (χ0v) is 21.9. The number of halogens is 3. The van der Waals surface area contributed by atoms with Gasteiger partial charge in [-0.3, -0.25) is 9.59 Å². The predicted octanol–water partition coefficient (Wildman–Crippen LogP) is 7.10. The monoisotopic (exact) mass is 539 g/mol. The van der Waals surface area contributed by atoms with Crippen LogP contribution in [-0.4, -0.2) is 29.8 Å². The molecule has 1 unspecified atom stereocenters. The molecule has 184 valence electrons. The van der Waals surface area contributed by atoms with Crippen LogP contribution in [-0.2, 0) is 4.79 Å². The number of amides is 2. The summed E-state index contributed by atoms with van der Waals surface area (Å²) in [6.07, 6.45) is 1.11. The Hall–Kier alpha value is -3.04. The number of nitriles is 1.